The number of methoxy groups -OCH3 is 1. The Morgan fingerprint density at radius 2 is 1.67 bits per heavy atom. The Morgan fingerprint density at radius 3 is 2.41 bits per heavy atom. The normalized spacial score (nSPS) is 12.4. The number of fused-ring (bicyclic) bond motifs is 1. The second-order valence-electron chi connectivity index (χ2n) is 9.13. The van der Waals surface area contributed by atoms with Crippen LogP contribution in [-0.2, 0) is 16.1 Å². The standard InChI is InChI=1S/C30H31N4O5/c1-20(35)34(17-21-9-3-7-13-27(21)38-2)18-23(15-22-16-32-26-12-6-4-10-24(22)26)33-29(36)19-39-28-14-8-5-11-25(28)30(31)37/h3-14,16,23H,15,17-19H2,1-2H3,(H2,31,37)(H,33,36). The van der Waals surface area contributed by atoms with E-state index in [9.17, 15) is 14.4 Å². The lowest BCUT2D eigenvalue weighted by Crippen LogP contribution is -2.46. The number of ether oxygens (including phenoxy) is 2. The van der Waals surface area contributed by atoms with Crippen LogP contribution in [0.1, 0.15) is 34.8 Å². The SMILES string of the molecule is COc1ccccc1CN(CC(CC1=C[N]c2ccccc21)NC(=O)COc1ccccc1C(N)=O)C(C)=O. The lowest BCUT2D eigenvalue weighted by Gasteiger charge is -2.28. The largest absolute Gasteiger partial charge is 0.496 e. The van der Waals surface area contributed by atoms with Gasteiger partial charge in [-0.05, 0) is 36.3 Å². The van der Waals surface area contributed by atoms with E-state index in [2.05, 4.69) is 10.6 Å². The van der Waals surface area contributed by atoms with Gasteiger partial charge in [-0.25, -0.2) is 0 Å². The van der Waals surface area contributed by atoms with E-state index < -0.39 is 17.9 Å². The third-order valence-corrected chi connectivity index (χ3v) is 6.39. The van der Waals surface area contributed by atoms with Gasteiger partial charge in [0.2, 0.25) is 5.91 Å². The number of hydrogen-bond acceptors (Lipinski definition) is 5. The Balaban J connectivity index is 1.51. The van der Waals surface area contributed by atoms with Crippen molar-refractivity contribution in [2.24, 2.45) is 5.73 Å². The quantitative estimate of drug-likeness (QED) is 0.374. The van der Waals surface area contributed by atoms with Gasteiger partial charge in [-0.15, -0.1) is 0 Å². The van der Waals surface area contributed by atoms with Crippen LogP contribution in [0.25, 0.3) is 5.57 Å². The van der Waals surface area contributed by atoms with E-state index in [-0.39, 0.29) is 30.4 Å². The van der Waals surface area contributed by atoms with Crippen LogP contribution >= 0.6 is 0 Å². The van der Waals surface area contributed by atoms with Gasteiger partial charge < -0.3 is 25.4 Å². The van der Waals surface area contributed by atoms with Gasteiger partial charge in [0, 0.05) is 37.3 Å². The third-order valence-electron chi connectivity index (χ3n) is 6.39. The minimum atomic E-state index is -0.645. The second kappa shape index (κ2) is 12.6. The number of para-hydroxylation sites is 3. The van der Waals surface area contributed by atoms with Gasteiger partial charge in [0.15, 0.2) is 6.61 Å². The van der Waals surface area contributed by atoms with Gasteiger partial charge >= 0.3 is 0 Å². The van der Waals surface area contributed by atoms with Crippen molar-refractivity contribution in [3.05, 3.63) is 95.7 Å². The molecule has 0 saturated carbocycles. The Bertz CT molecular complexity index is 1390. The van der Waals surface area contributed by atoms with E-state index in [1.807, 2.05) is 48.5 Å². The van der Waals surface area contributed by atoms with Gasteiger partial charge in [-0.1, -0.05) is 48.5 Å². The van der Waals surface area contributed by atoms with Crippen molar-refractivity contribution in [3.63, 3.8) is 0 Å². The molecule has 0 bridgehead atoms. The average Bonchev–Trinajstić information content (AvgIpc) is 3.34. The Morgan fingerprint density at radius 1 is 0.974 bits per heavy atom. The zero-order valence-electron chi connectivity index (χ0n) is 21.9. The summed E-state index contributed by atoms with van der Waals surface area (Å²) in [5, 5.41) is 7.49. The molecule has 0 saturated heterocycles. The first kappa shape index (κ1) is 27.3. The van der Waals surface area contributed by atoms with Crippen molar-refractivity contribution in [2.45, 2.75) is 25.9 Å². The number of hydrogen-bond donors (Lipinski definition) is 2. The van der Waals surface area contributed by atoms with Crippen molar-refractivity contribution in [1.82, 2.24) is 15.5 Å². The van der Waals surface area contributed by atoms with Crippen molar-refractivity contribution in [2.75, 3.05) is 20.3 Å². The van der Waals surface area contributed by atoms with E-state index in [1.165, 1.54) is 13.0 Å². The van der Waals surface area contributed by atoms with Crippen molar-refractivity contribution < 1.29 is 23.9 Å². The lowest BCUT2D eigenvalue weighted by atomic mass is 9.99. The molecule has 0 fully saturated rings. The molecular weight excluding hydrogens is 496 g/mol. The maximum atomic E-state index is 13.0. The fourth-order valence-corrected chi connectivity index (χ4v) is 4.48. The lowest BCUT2D eigenvalue weighted by molar-refractivity contribution is -0.131. The highest BCUT2D eigenvalue weighted by atomic mass is 16.5. The molecule has 39 heavy (non-hydrogen) atoms. The van der Waals surface area contributed by atoms with E-state index in [0.717, 1.165) is 22.4 Å². The van der Waals surface area contributed by atoms with E-state index >= 15 is 0 Å². The third kappa shape index (κ3) is 6.95. The first-order valence-corrected chi connectivity index (χ1v) is 12.5. The van der Waals surface area contributed by atoms with Crippen LogP contribution in [0.4, 0.5) is 5.69 Å². The first-order chi connectivity index (χ1) is 18.9. The minimum absolute atomic E-state index is 0.141. The molecule has 3 aromatic rings. The van der Waals surface area contributed by atoms with Crippen LogP contribution < -0.4 is 25.8 Å². The minimum Gasteiger partial charge on any atom is -0.496 e. The molecule has 4 rings (SSSR count). The highest BCUT2D eigenvalue weighted by Gasteiger charge is 2.24. The molecule has 201 valence electrons. The van der Waals surface area contributed by atoms with Gasteiger partial charge in [-0.2, -0.15) is 0 Å². The van der Waals surface area contributed by atoms with Crippen LogP contribution in [0, 0.1) is 0 Å². The van der Waals surface area contributed by atoms with E-state index in [0.29, 0.717) is 18.7 Å². The Kier molecular flexibility index (Phi) is 8.83. The van der Waals surface area contributed by atoms with Crippen molar-refractivity contribution in [1.29, 1.82) is 0 Å². The van der Waals surface area contributed by atoms with Gasteiger partial charge in [-0.3, -0.25) is 19.7 Å². The number of primary amides is 1. The number of nitrogens with two attached hydrogens (primary N) is 1. The number of nitrogens with zero attached hydrogens (tertiary/aromatic N) is 2. The summed E-state index contributed by atoms with van der Waals surface area (Å²) in [6.07, 6.45) is 2.24. The number of nitrogens with one attached hydrogen (secondary N) is 1. The summed E-state index contributed by atoms with van der Waals surface area (Å²) in [4.78, 5) is 39.1. The first-order valence-electron chi connectivity index (χ1n) is 12.5. The highest BCUT2D eigenvalue weighted by molar-refractivity contribution is 5.95. The van der Waals surface area contributed by atoms with Crippen molar-refractivity contribution >= 4 is 29.0 Å². The molecule has 0 aliphatic carbocycles. The summed E-state index contributed by atoms with van der Waals surface area (Å²) < 4.78 is 11.1. The molecule has 1 heterocycles. The number of rotatable bonds is 12. The molecular formula is C30H31N4O5. The zero-order valence-corrected chi connectivity index (χ0v) is 21.9. The number of benzene rings is 3. The topological polar surface area (TPSA) is 125 Å². The predicted molar refractivity (Wildman–Crippen MR) is 147 cm³/mol. The molecule has 3 amide bonds. The molecule has 1 atom stereocenters. The molecule has 1 radical (unpaired) electrons. The number of amides is 3. The van der Waals surface area contributed by atoms with Gasteiger partial charge in [0.05, 0.1) is 24.4 Å². The highest BCUT2D eigenvalue weighted by Crippen LogP contribution is 2.33. The van der Waals surface area contributed by atoms with Gasteiger partial charge in [0.25, 0.3) is 11.8 Å². The maximum absolute atomic E-state index is 13.0. The molecule has 1 aliphatic heterocycles. The number of carbonyl (C=O) groups excluding carboxylic acids is 3. The number of carbonyl (C=O) groups is 3. The monoisotopic (exact) mass is 527 g/mol. The second-order valence-corrected chi connectivity index (χ2v) is 9.13. The fourth-order valence-electron chi connectivity index (χ4n) is 4.48. The molecule has 9 heteroatoms. The summed E-state index contributed by atoms with van der Waals surface area (Å²) in [5.74, 6) is -0.282. The smallest absolute Gasteiger partial charge is 0.258 e. The zero-order chi connectivity index (χ0) is 27.8. The summed E-state index contributed by atoms with van der Waals surface area (Å²) >= 11 is 0. The molecule has 3 aromatic carbocycles. The summed E-state index contributed by atoms with van der Waals surface area (Å²) in [5.41, 5.74) is 9.27. The molecule has 0 spiro atoms. The summed E-state index contributed by atoms with van der Waals surface area (Å²) in [6.45, 7) is 1.73. The van der Waals surface area contributed by atoms with Crippen molar-refractivity contribution in [3.8, 4) is 11.5 Å². The average molecular weight is 528 g/mol. The van der Waals surface area contributed by atoms with Gasteiger partial charge in [0.1, 0.15) is 11.5 Å². The van der Waals surface area contributed by atoms with Crippen LogP contribution in [0.2, 0.25) is 0 Å². The molecule has 1 aliphatic rings. The van der Waals surface area contributed by atoms with Crippen LogP contribution in [0.5, 0.6) is 11.5 Å². The fraction of sp³-hybridized carbons (Fsp3) is 0.233. The molecule has 9 nitrogen and oxygen atoms in total. The Labute approximate surface area is 227 Å². The van der Waals surface area contributed by atoms with Crippen LogP contribution in [0.15, 0.2) is 79.0 Å². The van der Waals surface area contributed by atoms with E-state index in [1.54, 1.807) is 36.4 Å². The summed E-state index contributed by atoms with van der Waals surface area (Å²) in [6, 6.07) is 21.3. The molecule has 0 aromatic heterocycles. The predicted octanol–water partition coefficient (Wildman–Crippen LogP) is 3.39. The Hall–Kier alpha value is -4.79. The van der Waals surface area contributed by atoms with E-state index in [4.69, 9.17) is 15.2 Å². The summed E-state index contributed by atoms with van der Waals surface area (Å²) in [7, 11) is 1.59. The van der Waals surface area contributed by atoms with Crippen LogP contribution in [-0.4, -0.2) is 48.9 Å². The molecule has 3 N–H and O–H groups in total. The molecule has 1 unspecified atom stereocenters. The maximum Gasteiger partial charge on any atom is 0.258 e. The van der Waals surface area contributed by atoms with Crippen LogP contribution in [0.3, 0.4) is 0 Å².